The predicted molar refractivity (Wildman–Crippen MR) is 69.8 cm³/mol. The number of rotatable bonds is 5. The number of nitrogens with zero attached hydrogens (tertiary/aromatic N) is 2. The van der Waals surface area contributed by atoms with Gasteiger partial charge in [-0.15, -0.1) is 0 Å². The minimum Gasteiger partial charge on any atom is -0.476 e. The monoisotopic (exact) mass is 260 g/mol. The van der Waals surface area contributed by atoms with Crippen LogP contribution in [0.2, 0.25) is 0 Å². The molecule has 0 spiro atoms. The van der Waals surface area contributed by atoms with E-state index in [1.807, 2.05) is 11.9 Å². The molecule has 1 aromatic carbocycles. The van der Waals surface area contributed by atoms with Crippen molar-refractivity contribution in [1.82, 2.24) is 10.1 Å². The maximum Gasteiger partial charge on any atom is 0.358 e. The molecule has 0 saturated heterocycles. The number of carboxylic acids is 1. The zero-order valence-electron chi connectivity index (χ0n) is 11.0. The first-order valence-corrected chi connectivity index (χ1v) is 5.97. The normalized spacial score (nSPS) is 10.9. The fraction of sp³-hybridized carbons (Fsp3) is 0.286. The van der Waals surface area contributed by atoms with E-state index in [1.54, 1.807) is 0 Å². The largest absolute Gasteiger partial charge is 0.476 e. The molecule has 0 saturated carbocycles. The number of aromatic nitrogens is 1. The quantitative estimate of drug-likeness (QED) is 0.893. The zero-order valence-corrected chi connectivity index (χ0v) is 11.0. The van der Waals surface area contributed by atoms with Crippen molar-refractivity contribution in [3.63, 3.8) is 0 Å². The molecule has 0 amide bonds. The Morgan fingerprint density at radius 3 is 2.58 bits per heavy atom. The minimum absolute atomic E-state index is 0.0567. The summed E-state index contributed by atoms with van der Waals surface area (Å²) >= 11 is 0. The number of aryl methyl sites for hydroxylation is 1. The Morgan fingerprint density at radius 1 is 1.32 bits per heavy atom. The van der Waals surface area contributed by atoms with Gasteiger partial charge in [-0.25, -0.2) is 4.79 Å². The van der Waals surface area contributed by atoms with Gasteiger partial charge in [0.25, 0.3) is 0 Å². The molecule has 0 aliphatic rings. The lowest BCUT2D eigenvalue weighted by Gasteiger charge is -2.14. The van der Waals surface area contributed by atoms with Crippen LogP contribution in [-0.4, -0.2) is 28.2 Å². The number of hydrogen-bond donors (Lipinski definition) is 1. The van der Waals surface area contributed by atoms with Crippen LogP contribution in [0.3, 0.4) is 0 Å². The molecule has 0 aliphatic carbocycles. The van der Waals surface area contributed by atoms with E-state index in [1.165, 1.54) is 17.2 Å². The summed E-state index contributed by atoms with van der Waals surface area (Å²) < 4.78 is 4.98. The minimum atomic E-state index is -1.07. The molecule has 1 N–H and O–H groups in total. The van der Waals surface area contributed by atoms with Crippen molar-refractivity contribution in [2.75, 3.05) is 7.05 Å². The lowest BCUT2D eigenvalue weighted by Crippen LogP contribution is -2.16. The maximum atomic E-state index is 10.7. The summed E-state index contributed by atoms with van der Waals surface area (Å²) in [6, 6.07) is 9.75. The molecule has 0 fully saturated rings. The maximum absolute atomic E-state index is 10.7. The van der Waals surface area contributed by atoms with Crippen molar-refractivity contribution >= 4 is 5.97 Å². The molecule has 100 valence electrons. The third kappa shape index (κ3) is 3.66. The summed E-state index contributed by atoms with van der Waals surface area (Å²) in [5.74, 6) is -0.525. The fourth-order valence-electron chi connectivity index (χ4n) is 1.82. The summed E-state index contributed by atoms with van der Waals surface area (Å²) in [4.78, 5) is 12.7. The summed E-state index contributed by atoms with van der Waals surface area (Å²) in [7, 11) is 1.95. The van der Waals surface area contributed by atoms with Gasteiger partial charge in [-0.1, -0.05) is 35.0 Å². The Hall–Kier alpha value is -2.14. The third-order valence-electron chi connectivity index (χ3n) is 2.78. The summed E-state index contributed by atoms with van der Waals surface area (Å²) in [6.07, 6.45) is 0. The van der Waals surface area contributed by atoms with Crippen LogP contribution in [0.4, 0.5) is 0 Å². The van der Waals surface area contributed by atoms with E-state index in [2.05, 4.69) is 36.3 Å². The van der Waals surface area contributed by atoms with Crippen LogP contribution < -0.4 is 0 Å². The molecule has 1 heterocycles. The van der Waals surface area contributed by atoms with Crippen molar-refractivity contribution < 1.29 is 14.4 Å². The first-order valence-electron chi connectivity index (χ1n) is 5.97. The van der Waals surface area contributed by atoms with E-state index in [4.69, 9.17) is 9.63 Å². The third-order valence-corrected chi connectivity index (χ3v) is 2.78. The van der Waals surface area contributed by atoms with Gasteiger partial charge in [0.2, 0.25) is 0 Å². The first kappa shape index (κ1) is 13.3. The Kier molecular flexibility index (Phi) is 3.97. The molecule has 0 radical (unpaired) electrons. The highest BCUT2D eigenvalue weighted by Crippen LogP contribution is 2.10. The van der Waals surface area contributed by atoms with E-state index >= 15 is 0 Å². The highest BCUT2D eigenvalue weighted by atomic mass is 16.5. The van der Waals surface area contributed by atoms with Crippen LogP contribution in [0.1, 0.15) is 27.4 Å². The Bertz CT molecular complexity index is 560. The number of hydrogen-bond acceptors (Lipinski definition) is 4. The standard InChI is InChI=1S/C14H16N2O3/c1-10-3-5-11(6-4-10)8-16(2)9-12-7-13(14(17)18)15-19-12/h3-7H,8-9H2,1-2H3,(H,17,18). The Morgan fingerprint density at radius 2 is 2.00 bits per heavy atom. The Labute approximate surface area is 111 Å². The molecule has 2 aromatic rings. The van der Waals surface area contributed by atoms with Gasteiger partial charge in [0.15, 0.2) is 11.5 Å². The van der Waals surface area contributed by atoms with Crippen molar-refractivity contribution in [1.29, 1.82) is 0 Å². The van der Waals surface area contributed by atoms with Gasteiger partial charge in [-0.3, -0.25) is 4.90 Å². The van der Waals surface area contributed by atoms with Crippen molar-refractivity contribution in [3.8, 4) is 0 Å². The van der Waals surface area contributed by atoms with Crippen molar-refractivity contribution in [2.45, 2.75) is 20.0 Å². The second-order valence-electron chi connectivity index (χ2n) is 4.64. The SMILES string of the molecule is Cc1ccc(CN(C)Cc2cc(C(=O)O)no2)cc1. The molecule has 2 rings (SSSR count). The number of benzene rings is 1. The van der Waals surface area contributed by atoms with E-state index in [-0.39, 0.29) is 5.69 Å². The second-order valence-corrected chi connectivity index (χ2v) is 4.64. The van der Waals surface area contributed by atoms with Crippen LogP contribution in [0, 0.1) is 6.92 Å². The van der Waals surface area contributed by atoms with Crippen LogP contribution in [0.5, 0.6) is 0 Å². The number of carboxylic acid groups (broad SMARTS) is 1. The zero-order chi connectivity index (χ0) is 13.8. The fourth-order valence-corrected chi connectivity index (χ4v) is 1.82. The van der Waals surface area contributed by atoms with Gasteiger partial charge in [-0.05, 0) is 19.5 Å². The molecule has 5 nitrogen and oxygen atoms in total. The van der Waals surface area contributed by atoms with Gasteiger partial charge in [0, 0.05) is 12.6 Å². The molecule has 0 bridgehead atoms. The molecular formula is C14H16N2O3. The predicted octanol–water partition coefficient (Wildman–Crippen LogP) is 2.31. The molecule has 0 aliphatic heterocycles. The van der Waals surface area contributed by atoms with Gasteiger partial charge in [0.1, 0.15) is 0 Å². The van der Waals surface area contributed by atoms with Crippen LogP contribution in [-0.2, 0) is 13.1 Å². The van der Waals surface area contributed by atoms with Crippen LogP contribution in [0.25, 0.3) is 0 Å². The van der Waals surface area contributed by atoms with E-state index in [0.29, 0.717) is 12.3 Å². The summed E-state index contributed by atoms with van der Waals surface area (Å²) in [6.45, 7) is 3.34. The molecular weight excluding hydrogens is 244 g/mol. The second kappa shape index (κ2) is 5.67. The summed E-state index contributed by atoms with van der Waals surface area (Å²) in [5, 5.41) is 12.2. The number of carbonyl (C=O) groups is 1. The summed E-state index contributed by atoms with van der Waals surface area (Å²) in [5.41, 5.74) is 2.37. The highest BCUT2D eigenvalue weighted by molar-refractivity contribution is 5.85. The smallest absolute Gasteiger partial charge is 0.358 e. The van der Waals surface area contributed by atoms with Gasteiger partial charge >= 0.3 is 5.97 Å². The molecule has 0 atom stereocenters. The van der Waals surface area contributed by atoms with Crippen LogP contribution in [0.15, 0.2) is 34.9 Å². The average Bonchev–Trinajstić information content (AvgIpc) is 2.80. The topological polar surface area (TPSA) is 66.6 Å². The van der Waals surface area contributed by atoms with Gasteiger partial charge in [-0.2, -0.15) is 0 Å². The van der Waals surface area contributed by atoms with Gasteiger partial charge in [0.05, 0.1) is 6.54 Å². The first-order chi connectivity index (χ1) is 9.04. The van der Waals surface area contributed by atoms with E-state index < -0.39 is 5.97 Å². The molecule has 0 unspecified atom stereocenters. The highest BCUT2D eigenvalue weighted by Gasteiger charge is 2.12. The lowest BCUT2D eigenvalue weighted by molar-refractivity contribution is 0.0685. The van der Waals surface area contributed by atoms with E-state index in [0.717, 1.165) is 6.54 Å². The van der Waals surface area contributed by atoms with Crippen LogP contribution >= 0.6 is 0 Å². The molecule has 1 aromatic heterocycles. The van der Waals surface area contributed by atoms with Crippen molar-refractivity contribution in [3.05, 3.63) is 52.9 Å². The Balaban J connectivity index is 1.94. The van der Waals surface area contributed by atoms with Crippen molar-refractivity contribution in [2.24, 2.45) is 0 Å². The average molecular weight is 260 g/mol. The van der Waals surface area contributed by atoms with Gasteiger partial charge < -0.3 is 9.63 Å². The molecule has 19 heavy (non-hydrogen) atoms. The number of aromatic carboxylic acids is 1. The molecule has 5 heteroatoms. The lowest BCUT2D eigenvalue weighted by atomic mass is 10.1. The van der Waals surface area contributed by atoms with E-state index in [9.17, 15) is 4.79 Å².